The fourth-order valence-electron chi connectivity index (χ4n) is 5.00. The van der Waals surface area contributed by atoms with Crippen molar-refractivity contribution < 1.29 is 23.7 Å². The second-order valence-electron chi connectivity index (χ2n) is 10.6. The lowest BCUT2D eigenvalue weighted by molar-refractivity contribution is -0.139. The number of halogens is 3. The Morgan fingerprint density at radius 3 is 2.50 bits per heavy atom. The highest BCUT2D eigenvalue weighted by Gasteiger charge is 2.34. The Balaban J connectivity index is 1.57. The van der Waals surface area contributed by atoms with Gasteiger partial charge in [0, 0.05) is 5.02 Å². The fraction of sp³-hybridized carbons (Fsp3) is 0.265. The van der Waals surface area contributed by atoms with Crippen LogP contribution in [0.1, 0.15) is 50.4 Å². The summed E-state index contributed by atoms with van der Waals surface area (Å²) in [6.07, 6.45) is 1.66. The number of aromatic nitrogens is 1. The summed E-state index contributed by atoms with van der Waals surface area (Å²) in [5.41, 5.74) is 2.67. The molecule has 1 aliphatic heterocycles. The van der Waals surface area contributed by atoms with Gasteiger partial charge in [0.15, 0.2) is 22.0 Å². The van der Waals surface area contributed by atoms with Crippen LogP contribution >= 0.6 is 50.5 Å². The standard InChI is InChI=1S/C34H31BrCl2N2O6S/c1-6-43-33(41)29-19(4)38-34-39(30(29)22-9-12-26(45-18(2)3)27(16-22)42-5)32(40)28(46-34)15-21-13-24(35)31(25(37)14-21)44-17-20-7-10-23(36)11-8-20/h7-16,18,30H,6,17H2,1-5H3/b28-15-/t30-/m1/s1. The van der Waals surface area contributed by atoms with Crippen LogP contribution in [0.5, 0.6) is 17.2 Å². The highest BCUT2D eigenvalue weighted by atomic mass is 79.9. The van der Waals surface area contributed by atoms with Crippen molar-refractivity contribution in [1.29, 1.82) is 0 Å². The van der Waals surface area contributed by atoms with Gasteiger partial charge in [-0.15, -0.1) is 0 Å². The number of rotatable bonds is 10. The second-order valence-corrected chi connectivity index (χ2v) is 13.3. The quantitative estimate of drug-likeness (QED) is 0.159. The first-order valence-corrected chi connectivity index (χ1v) is 16.8. The number of methoxy groups -OCH3 is 1. The van der Waals surface area contributed by atoms with Crippen molar-refractivity contribution in [2.24, 2.45) is 4.99 Å². The van der Waals surface area contributed by atoms with Crippen LogP contribution in [0, 0.1) is 0 Å². The summed E-state index contributed by atoms with van der Waals surface area (Å²) in [6.45, 7) is 7.78. The van der Waals surface area contributed by atoms with E-state index in [2.05, 4.69) is 20.9 Å². The van der Waals surface area contributed by atoms with Crippen molar-refractivity contribution >= 4 is 62.5 Å². The van der Waals surface area contributed by atoms with Crippen LogP contribution in [0.4, 0.5) is 0 Å². The summed E-state index contributed by atoms with van der Waals surface area (Å²) < 4.78 is 25.5. The predicted octanol–water partition coefficient (Wildman–Crippen LogP) is 7.24. The molecule has 46 heavy (non-hydrogen) atoms. The third kappa shape index (κ3) is 7.20. The van der Waals surface area contributed by atoms with Gasteiger partial charge >= 0.3 is 5.97 Å². The van der Waals surface area contributed by atoms with E-state index < -0.39 is 12.0 Å². The number of esters is 1. The molecule has 0 amide bonds. The molecule has 0 saturated heterocycles. The van der Waals surface area contributed by atoms with Crippen molar-refractivity contribution in [1.82, 2.24) is 4.57 Å². The molecule has 5 rings (SSSR count). The Morgan fingerprint density at radius 1 is 1.11 bits per heavy atom. The zero-order valence-corrected chi connectivity index (χ0v) is 29.6. The van der Waals surface area contributed by atoms with Crippen molar-refractivity contribution in [3.8, 4) is 17.2 Å². The van der Waals surface area contributed by atoms with Crippen molar-refractivity contribution in [2.75, 3.05) is 13.7 Å². The molecule has 1 atom stereocenters. The van der Waals surface area contributed by atoms with Gasteiger partial charge < -0.3 is 18.9 Å². The molecular formula is C34H31BrCl2N2O6S. The van der Waals surface area contributed by atoms with E-state index in [1.54, 1.807) is 57.4 Å². The summed E-state index contributed by atoms with van der Waals surface area (Å²) in [5, 5.41) is 1.02. The van der Waals surface area contributed by atoms with E-state index in [0.717, 1.165) is 5.56 Å². The third-order valence-corrected chi connectivity index (χ3v) is 9.10. The van der Waals surface area contributed by atoms with Gasteiger partial charge in [-0.3, -0.25) is 9.36 Å². The zero-order chi connectivity index (χ0) is 33.1. The molecule has 1 aromatic heterocycles. The minimum absolute atomic E-state index is 0.0766. The topological polar surface area (TPSA) is 88.4 Å². The molecule has 8 nitrogen and oxygen atoms in total. The Kier molecular flexibility index (Phi) is 10.6. The van der Waals surface area contributed by atoms with E-state index in [1.165, 1.54) is 15.9 Å². The van der Waals surface area contributed by atoms with E-state index in [1.807, 2.05) is 38.1 Å². The number of hydrogen-bond acceptors (Lipinski definition) is 8. The fourth-order valence-corrected chi connectivity index (χ4v) is 7.16. The van der Waals surface area contributed by atoms with Gasteiger partial charge in [-0.05, 0) is 103 Å². The lowest BCUT2D eigenvalue weighted by Gasteiger charge is -2.25. The molecule has 0 spiro atoms. The number of carbonyl (C=O) groups is 1. The first-order chi connectivity index (χ1) is 22.0. The van der Waals surface area contributed by atoms with Crippen LogP contribution in [0.25, 0.3) is 6.08 Å². The molecule has 0 fully saturated rings. The second kappa shape index (κ2) is 14.5. The minimum Gasteiger partial charge on any atom is -0.493 e. The van der Waals surface area contributed by atoms with Gasteiger partial charge in [0.2, 0.25) is 0 Å². The third-order valence-electron chi connectivity index (χ3n) is 7.00. The maximum atomic E-state index is 14.1. The molecule has 2 heterocycles. The van der Waals surface area contributed by atoms with Gasteiger partial charge in [-0.2, -0.15) is 0 Å². The minimum atomic E-state index is -0.807. The highest BCUT2D eigenvalue weighted by Crippen LogP contribution is 2.37. The first kappa shape index (κ1) is 33.8. The number of fused-ring (bicyclic) bond motifs is 1. The van der Waals surface area contributed by atoms with Crippen LogP contribution in [0.2, 0.25) is 10.0 Å². The van der Waals surface area contributed by atoms with Crippen LogP contribution in [0.15, 0.2) is 80.1 Å². The first-order valence-electron chi connectivity index (χ1n) is 14.4. The van der Waals surface area contributed by atoms with E-state index in [4.69, 9.17) is 42.1 Å². The van der Waals surface area contributed by atoms with Gasteiger partial charge in [-0.1, -0.05) is 52.7 Å². The van der Waals surface area contributed by atoms with E-state index in [-0.39, 0.29) is 23.8 Å². The van der Waals surface area contributed by atoms with E-state index >= 15 is 0 Å². The molecule has 0 unspecified atom stereocenters. The molecule has 0 radical (unpaired) electrons. The van der Waals surface area contributed by atoms with Gasteiger partial charge in [0.25, 0.3) is 5.56 Å². The van der Waals surface area contributed by atoms with Gasteiger partial charge in [-0.25, -0.2) is 9.79 Å². The van der Waals surface area contributed by atoms with Gasteiger partial charge in [0.05, 0.1) is 51.2 Å². The molecule has 12 heteroatoms. The molecule has 3 aromatic carbocycles. The molecule has 4 aromatic rings. The van der Waals surface area contributed by atoms with E-state index in [9.17, 15) is 9.59 Å². The largest absolute Gasteiger partial charge is 0.493 e. The maximum absolute atomic E-state index is 14.1. The molecular weight excluding hydrogens is 715 g/mol. The molecule has 240 valence electrons. The highest BCUT2D eigenvalue weighted by molar-refractivity contribution is 9.10. The summed E-state index contributed by atoms with van der Waals surface area (Å²) in [5.74, 6) is 0.956. The smallest absolute Gasteiger partial charge is 0.338 e. The maximum Gasteiger partial charge on any atom is 0.338 e. The van der Waals surface area contributed by atoms with E-state index in [0.29, 0.717) is 64.5 Å². The van der Waals surface area contributed by atoms with Crippen LogP contribution < -0.4 is 29.1 Å². The van der Waals surface area contributed by atoms with Crippen LogP contribution in [-0.4, -0.2) is 30.4 Å². The average Bonchev–Trinajstić information content (AvgIpc) is 3.30. The van der Waals surface area contributed by atoms with Gasteiger partial charge in [0.1, 0.15) is 6.61 Å². The predicted molar refractivity (Wildman–Crippen MR) is 184 cm³/mol. The number of allylic oxidation sites excluding steroid dienone is 1. The zero-order valence-electron chi connectivity index (χ0n) is 25.7. The number of nitrogens with zero attached hydrogens (tertiary/aromatic N) is 2. The lowest BCUT2D eigenvalue weighted by atomic mass is 9.95. The monoisotopic (exact) mass is 744 g/mol. The average molecular weight is 747 g/mol. The molecule has 1 aliphatic rings. The van der Waals surface area contributed by atoms with Crippen molar-refractivity contribution in [3.63, 3.8) is 0 Å². The number of hydrogen-bond donors (Lipinski definition) is 0. The van der Waals surface area contributed by atoms with Crippen LogP contribution in [-0.2, 0) is 16.1 Å². The Morgan fingerprint density at radius 2 is 1.85 bits per heavy atom. The van der Waals surface area contributed by atoms with Crippen molar-refractivity contribution in [3.05, 3.63) is 117 Å². The lowest BCUT2D eigenvalue weighted by Crippen LogP contribution is -2.40. The molecule has 0 saturated carbocycles. The number of carbonyl (C=O) groups excluding carboxylic acids is 1. The Labute approximate surface area is 288 Å². The summed E-state index contributed by atoms with van der Waals surface area (Å²) in [6, 6.07) is 15.5. The molecule has 0 N–H and O–H groups in total. The number of thiazole rings is 1. The summed E-state index contributed by atoms with van der Waals surface area (Å²) >= 11 is 17.4. The normalized spacial score (nSPS) is 14.6. The SMILES string of the molecule is CCOC(=O)C1=C(C)N=c2s/c(=C\c3cc(Cl)c(OCc4ccc(Cl)cc4)c(Br)c3)c(=O)n2[C@@H]1c1ccc(OC(C)C)c(OC)c1. The number of benzene rings is 3. The molecule has 0 aliphatic carbocycles. The number of ether oxygens (including phenoxy) is 4. The Hall–Kier alpha value is -3.57. The van der Waals surface area contributed by atoms with Crippen LogP contribution in [0.3, 0.4) is 0 Å². The summed E-state index contributed by atoms with van der Waals surface area (Å²) in [7, 11) is 1.54. The van der Waals surface area contributed by atoms with Crippen molar-refractivity contribution in [2.45, 2.75) is 46.4 Å². The Bertz CT molecular complexity index is 1980. The molecule has 0 bridgehead atoms. The summed E-state index contributed by atoms with van der Waals surface area (Å²) in [4.78, 5) is 32.5.